The molecule has 1 fully saturated rings. The molecular weight excluding hydrogens is 266 g/mol. The fourth-order valence-corrected chi connectivity index (χ4v) is 2.96. The lowest BCUT2D eigenvalue weighted by Crippen LogP contribution is -2.37. The maximum Gasteiger partial charge on any atom is 0.287 e. The minimum Gasteiger partial charge on any atom is -0.454 e. The van der Waals surface area contributed by atoms with E-state index in [1.807, 2.05) is 18.3 Å². The Bertz CT molecular complexity index is 588. The SMILES string of the molecule is C[C@H]1CCC[C@H](NC(=O)c2ccc(Cn3cccn3)o2)C1. The summed E-state index contributed by atoms with van der Waals surface area (Å²) in [4.78, 5) is 12.2. The molecule has 0 radical (unpaired) electrons. The topological polar surface area (TPSA) is 60.1 Å². The van der Waals surface area contributed by atoms with E-state index in [2.05, 4.69) is 17.3 Å². The second-order valence-corrected chi connectivity index (χ2v) is 5.91. The van der Waals surface area contributed by atoms with Crippen LogP contribution >= 0.6 is 0 Å². The number of aromatic nitrogens is 2. The van der Waals surface area contributed by atoms with Gasteiger partial charge in [-0.1, -0.05) is 19.8 Å². The van der Waals surface area contributed by atoms with Crippen LogP contribution in [0.5, 0.6) is 0 Å². The fourth-order valence-electron chi connectivity index (χ4n) is 2.96. The van der Waals surface area contributed by atoms with Gasteiger partial charge in [-0.2, -0.15) is 5.10 Å². The summed E-state index contributed by atoms with van der Waals surface area (Å²) in [6.07, 6.45) is 8.17. The van der Waals surface area contributed by atoms with Gasteiger partial charge in [-0.25, -0.2) is 0 Å². The summed E-state index contributed by atoms with van der Waals surface area (Å²) in [5.74, 6) is 1.70. The van der Waals surface area contributed by atoms with Gasteiger partial charge in [0.05, 0.1) is 6.54 Å². The highest BCUT2D eigenvalue weighted by Gasteiger charge is 2.22. The summed E-state index contributed by atoms with van der Waals surface area (Å²) in [7, 11) is 0. The van der Waals surface area contributed by atoms with Crippen molar-refractivity contribution < 1.29 is 9.21 Å². The van der Waals surface area contributed by atoms with Crippen molar-refractivity contribution >= 4 is 5.91 Å². The van der Waals surface area contributed by atoms with Crippen molar-refractivity contribution in [3.8, 4) is 0 Å². The van der Waals surface area contributed by atoms with E-state index >= 15 is 0 Å². The van der Waals surface area contributed by atoms with Crippen LogP contribution in [0, 0.1) is 5.92 Å². The van der Waals surface area contributed by atoms with Crippen LogP contribution in [0.15, 0.2) is 35.0 Å². The van der Waals surface area contributed by atoms with Crippen molar-refractivity contribution in [2.75, 3.05) is 0 Å². The standard InChI is InChI=1S/C16H21N3O2/c1-12-4-2-5-13(10-12)18-16(20)15-7-6-14(21-15)11-19-9-3-8-17-19/h3,6-9,12-13H,2,4-5,10-11H2,1H3,(H,18,20)/t12-,13-/m0/s1. The normalized spacial score (nSPS) is 22.1. The maximum absolute atomic E-state index is 12.2. The minimum absolute atomic E-state index is 0.110. The number of carbonyl (C=O) groups is 1. The van der Waals surface area contributed by atoms with Crippen LogP contribution in [-0.2, 0) is 6.54 Å². The molecule has 2 heterocycles. The zero-order valence-corrected chi connectivity index (χ0v) is 12.3. The number of nitrogens with zero attached hydrogens (tertiary/aromatic N) is 2. The Morgan fingerprint density at radius 2 is 2.38 bits per heavy atom. The summed E-state index contributed by atoms with van der Waals surface area (Å²) >= 11 is 0. The van der Waals surface area contributed by atoms with Crippen LogP contribution in [-0.4, -0.2) is 21.7 Å². The van der Waals surface area contributed by atoms with Gasteiger partial charge in [0.1, 0.15) is 5.76 Å². The second kappa shape index (κ2) is 6.16. The molecule has 3 rings (SSSR count). The van der Waals surface area contributed by atoms with Gasteiger partial charge in [0.2, 0.25) is 0 Å². The zero-order valence-electron chi connectivity index (χ0n) is 12.3. The summed E-state index contributed by atoms with van der Waals surface area (Å²) in [5.41, 5.74) is 0. The van der Waals surface area contributed by atoms with Crippen LogP contribution in [0.25, 0.3) is 0 Å². The number of amides is 1. The largest absolute Gasteiger partial charge is 0.454 e. The van der Waals surface area contributed by atoms with Crippen LogP contribution < -0.4 is 5.32 Å². The average Bonchev–Trinajstić information content (AvgIpc) is 3.11. The van der Waals surface area contributed by atoms with Gasteiger partial charge in [0.25, 0.3) is 5.91 Å². The summed E-state index contributed by atoms with van der Waals surface area (Å²) < 4.78 is 7.38. The van der Waals surface area contributed by atoms with E-state index in [1.54, 1.807) is 16.9 Å². The molecule has 0 aromatic carbocycles. The molecule has 2 aromatic rings. The molecule has 0 bridgehead atoms. The average molecular weight is 287 g/mol. The van der Waals surface area contributed by atoms with Crippen molar-refractivity contribution in [3.05, 3.63) is 42.1 Å². The predicted molar refractivity (Wildman–Crippen MR) is 78.9 cm³/mol. The lowest BCUT2D eigenvalue weighted by atomic mass is 9.87. The first kappa shape index (κ1) is 13.9. The Morgan fingerprint density at radius 1 is 1.48 bits per heavy atom. The first-order valence-corrected chi connectivity index (χ1v) is 7.57. The Hall–Kier alpha value is -2.04. The highest BCUT2D eigenvalue weighted by atomic mass is 16.4. The number of hydrogen-bond acceptors (Lipinski definition) is 3. The van der Waals surface area contributed by atoms with E-state index < -0.39 is 0 Å². The van der Waals surface area contributed by atoms with Gasteiger partial charge < -0.3 is 9.73 Å². The van der Waals surface area contributed by atoms with E-state index in [9.17, 15) is 4.79 Å². The Kier molecular flexibility index (Phi) is 4.08. The molecule has 0 aliphatic heterocycles. The molecule has 1 N–H and O–H groups in total. The second-order valence-electron chi connectivity index (χ2n) is 5.91. The Labute approximate surface area is 124 Å². The lowest BCUT2D eigenvalue weighted by Gasteiger charge is -2.27. The van der Waals surface area contributed by atoms with Crippen LogP contribution in [0.1, 0.15) is 48.9 Å². The van der Waals surface area contributed by atoms with Gasteiger partial charge >= 0.3 is 0 Å². The van der Waals surface area contributed by atoms with E-state index in [4.69, 9.17) is 4.42 Å². The maximum atomic E-state index is 12.2. The molecule has 5 heteroatoms. The van der Waals surface area contributed by atoms with Gasteiger partial charge in [0.15, 0.2) is 5.76 Å². The molecular formula is C16H21N3O2. The molecule has 0 spiro atoms. The first-order valence-electron chi connectivity index (χ1n) is 7.57. The number of hydrogen-bond donors (Lipinski definition) is 1. The van der Waals surface area contributed by atoms with E-state index in [0.29, 0.717) is 18.2 Å². The molecule has 21 heavy (non-hydrogen) atoms. The molecule has 1 saturated carbocycles. The number of rotatable bonds is 4. The van der Waals surface area contributed by atoms with E-state index in [0.717, 1.165) is 18.6 Å². The monoisotopic (exact) mass is 287 g/mol. The fraction of sp³-hybridized carbons (Fsp3) is 0.500. The molecule has 112 valence electrons. The molecule has 1 amide bonds. The molecule has 2 aromatic heterocycles. The summed E-state index contributed by atoms with van der Waals surface area (Å²) in [6, 6.07) is 5.71. The quantitative estimate of drug-likeness (QED) is 0.940. The van der Waals surface area contributed by atoms with Gasteiger partial charge in [-0.3, -0.25) is 9.48 Å². The van der Waals surface area contributed by atoms with Crippen LogP contribution in [0.4, 0.5) is 0 Å². The van der Waals surface area contributed by atoms with E-state index in [-0.39, 0.29) is 11.9 Å². The molecule has 5 nitrogen and oxygen atoms in total. The van der Waals surface area contributed by atoms with Crippen molar-refractivity contribution in [1.29, 1.82) is 0 Å². The number of nitrogens with one attached hydrogen (secondary N) is 1. The number of carbonyl (C=O) groups excluding carboxylic acids is 1. The Balaban J connectivity index is 1.58. The predicted octanol–water partition coefficient (Wildman–Crippen LogP) is 2.83. The van der Waals surface area contributed by atoms with E-state index in [1.165, 1.54) is 12.8 Å². The molecule has 0 unspecified atom stereocenters. The van der Waals surface area contributed by atoms with Crippen LogP contribution in [0.3, 0.4) is 0 Å². The summed E-state index contributed by atoms with van der Waals surface area (Å²) in [6.45, 7) is 2.79. The molecule has 1 aliphatic carbocycles. The minimum atomic E-state index is -0.110. The molecule has 1 aliphatic rings. The number of furan rings is 1. The van der Waals surface area contributed by atoms with Crippen molar-refractivity contribution in [3.63, 3.8) is 0 Å². The van der Waals surface area contributed by atoms with Crippen LogP contribution in [0.2, 0.25) is 0 Å². The first-order chi connectivity index (χ1) is 10.2. The third-order valence-electron chi connectivity index (χ3n) is 4.03. The van der Waals surface area contributed by atoms with Gasteiger partial charge in [-0.05, 0) is 37.0 Å². The third-order valence-corrected chi connectivity index (χ3v) is 4.03. The summed E-state index contributed by atoms with van der Waals surface area (Å²) in [5, 5.41) is 7.21. The highest BCUT2D eigenvalue weighted by molar-refractivity contribution is 5.91. The zero-order chi connectivity index (χ0) is 14.7. The van der Waals surface area contributed by atoms with Gasteiger partial charge in [-0.15, -0.1) is 0 Å². The van der Waals surface area contributed by atoms with Gasteiger partial charge in [0, 0.05) is 18.4 Å². The smallest absolute Gasteiger partial charge is 0.287 e. The lowest BCUT2D eigenvalue weighted by molar-refractivity contribution is 0.0891. The molecule has 0 saturated heterocycles. The third kappa shape index (κ3) is 3.54. The van der Waals surface area contributed by atoms with Crippen molar-refractivity contribution in [2.45, 2.75) is 45.2 Å². The Morgan fingerprint density at radius 3 is 3.14 bits per heavy atom. The van der Waals surface area contributed by atoms with Crippen molar-refractivity contribution in [2.24, 2.45) is 5.92 Å². The molecule has 2 atom stereocenters. The van der Waals surface area contributed by atoms with Crippen molar-refractivity contribution in [1.82, 2.24) is 15.1 Å². The highest BCUT2D eigenvalue weighted by Crippen LogP contribution is 2.23.